The van der Waals surface area contributed by atoms with Crippen molar-refractivity contribution >= 4 is 62.4 Å². The van der Waals surface area contributed by atoms with Crippen LogP contribution in [0.2, 0.25) is 0 Å². The van der Waals surface area contributed by atoms with Crippen molar-refractivity contribution in [3.8, 4) is 0 Å². The Morgan fingerprint density at radius 1 is 1.10 bits per heavy atom. The van der Waals surface area contributed by atoms with E-state index in [4.69, 9.17) is 12.2 Å². The van der Waals surface area contributed by atoms with Crippen LogP contribution >= 0.6 is 28.1 Å². The number of halogens is 1. The molecule has 0 bridgehead atoms. The van der Waals surface area contributed by atoms with E-state index in [1.165, 1.54) is 11.8 Å². The Balaban J connectivity index is 1.77. The Labute approximate surface area is 188 Å². The molecule has 3 rings (SSSR count). The number of anilines is 2. The van der Waals surface area contributed by atoms with E-state index in [9.17, 15) is 14.4 Å². The van der Waals surface area contributed by atoms with Crippen molar-refractivity contribution in [2.45, 2.75) is 19.4 Å². The number of nitrogens with one attached hydrogen (secondary N) is 2. The van der Waals surface area contributed by atoms with E-state index in [-0.39, 0.29) is 24.1 Å². The first-order valence-electron chi connectivity index (χ1n) is 9.36. The summed E-state index contributed by atoms with van der Waals surface area (Å²) in [6, 6.07) is 15.5. The summed E-state index contributed by atoms with van der Waals surface area (Å²) in [5.41, 5.74) is 1.29. The molecule has 1 heterocycles. The summed E-state index contributed by atoms with van der Waals surface area (Å²) in [6.07, 6.45) is -0.0571. The van der Waals surface area contributed by atoms with Gasteiger partial charge in [0.15, 0.2) is 5.11 Å². The van der Waals surface area contributed by atoms with E-state index < -0.39 is 6.04 Å². The zero-order chi connectivity index (χ0) is 21.7. The standard InChI is InChI=1S/C21H21BrN4O3S/c1-14(27)23-11-12-25-18(13-19(28)24-16-9-7-15(22)8-10-16)20(29)26(21(25)30)17-5-3-2-4-6-17/h2-10,18H,11-13H2,1H3,(H,23,27)(H,24,28)/t18-/m0/s1. The molecule has 0 unspecified atom stereocenters. The molecule has 7 nitrogen and oxygen atoms in total. The fraction of sp³-hybridized carbons (Fsp3) is 0.238. The van der Waals surface area contributed by atoms with Gasteiger partial charge >= 0.3 is 0 Å². The van der Waals surface area contributed by atoms with Gasteiger partial charge in [0.1, 0.15) is 6.04 Å². The van der Waals surface area contributed by atoms with Gasteiger partial charge in [0.2, 0.25) is 11.8 Å². The molecule has 0 aliphatic carbocycles. The Bertz CT molecular complexity index is 952. The van der Waals surface area contributed by atoms with E-state index in [1.54, 1.807) is 29.2 Å². The van der Waals surface area contributed by atoms with Crippen LogP contribution in [0.4, 0.5) is 11.4 Å². The second kappa shape index (κ2) is 9.82. The van der Waals surface area contributed by atoms with Gasteiger partial charge in [-0.05, 0) is 48.6 Å². The van der Waals surface area contributed by atoms with Crippen molar-refractivity contribution < 1.29 is 14.4 Å². The number of carbonyl (C=O) groups excluding carboxylic acids is 3. The van der Waals surface area contributed by atoms with Crippen LogP contribution in [0.5, 0.6) is 0 Å². The molecule has 156 valence electrons. The van der Waals surface area contributed by atoms with Crippen LogP contribution in [-0.2, 0) is 14.4 Å². The SMILES string of the molecule is CC(=O)NCCN1C(=S)N(c2ccccc2)C(=O)[C@@H]1CC(=O)Nc1ccc(Br)cc1. The van der Waals surface area contributed by atoms with Crippen LogP contribution in [0, 0.1) is 0 Å². The van der Waals surface area contributed by atoms with Crippen molar-refractivity contribution in [2.24, 2.45) is 0 Å². The second-order valence-corrected chi connectivity index (χ2v) is 8.02. The number of rotatable bonds is 7. The van der Waals surface area contributed by atoms with Gasteiger partial charge < -0.3 is 15.5 Å². The zero-order valence-electron chi connectivity index (χ0n) is 16.3. The summed E-state index contributed by atoms with van der Waals surface area (Å²) in [6.45, 7) is 2.06. The molecule has 0 radical (unpaired) electrons. The molecular formula is C21H21BrN4O3S. The first-order valence-corrected chi connectivity index (χ1v) is 10.6. The van der Waals surface area contributed by atoms with E-state index in [1.807, 2.05) is 30.3 Å². The van der Waals surface area contributed by atoms with Gasteiger partial charge in [-0.1, -0.05) is 34.1 Å². The molecule has 1 aliphatic heterocycles. The number of hydrogen-bond donors (Lipinski definition) is 2. The van der Waals surface area contributed by atoms with Crippen LogP contribution in [-0.4, -0.2) is 46.9 Å². The highest BCUT2D eigenvalue weighted by molar-refractivity contribution is 9.10. The molecular weight excluding hydrogens is 468 g/mol. The number of amides is 3. The van der Waals surface area contributed by atoms with E-state index in [0.29, 0.717) is 29.6 Å². The van der Waals surface area contributed by atoms with Gasteiger partial charge in [-0.25, -0.2) is 0 Å². The summed E-state index contributed by atoms with van der Waals surface area (Å²) < 4.78 is 0.902. The van der Waals surface area contributed by atoms with Gasteiger partial charge in [0, 0.05) is 30.2 Å². The summed E-state index contributed by atoms with van der Waals surface area (Å²) in [5, 5.41) is 5.83. The molecule has 0 saturated carbocycles. The van der Waals surface area contributed by atoms with E-state index in [0.717, 1.165) is 4.47 Å². The minimum atomic E-state index is -0.748. The molecule has 1 atom stereocenters. The van der Waals surface area contributed by atoms with Gasteiger partial charge in [-0.3, -0.25) is 19.3 Å². The zero-order valence-corrected chi connectivity index (χ0v) is 18.7. The van der Waals surface area contributed by atoms with E-state index in [2.05, 4.69) is 26.6 Å². The lowest BCUT2D eigenvalue weighted by molar-refractivity contribution is -0.124. The molecule has 1 saturated heterocycles. The maximum Gasteiger partial charge on any atom is 0.256 e. The molecule has 2 N–H and O–H groups in total. The summed E-state index contributed by atoms with van der Waals surface area (Å²) in [7, 11) is 0. The largest absolute Gasteiger partial charge is 0.355 e. The number of hydrogen-bond acceptors (Lipinski definition) is 4. The number of thiocarbonyl (C=S) groups is 1. The number of carbonyl (C=O) groups is 3. The third-order valence-electron chi connectivity index (χ3n) is 4.57. The number of para-hydroxylation sites is 1. The lowest BCUT2D eigenvalue weighted by Gasteiger charge is -2.23. The van der Waals surface area contributed by atoms with E-state index >= 15 is 0 Å². The first kappa shape index (κ1) is 21.9. The smallest absolute Gasteiger partial charge is 0.256 e. The van der Waals surface area contributed by atoms with Crippen molar-refractivity contribution in [3.63, 3.8) is 0 Å². The molecule has 0 aromatic heterocycles. The monoisotopic (exact) mass is 488 g/mol. The molecule has 0 spiro atoms. The highest BCUT2D eigenvalue weighted by Crippen LogP contribution is 2.27. The molecule has 2 aromatic carbocycles. The molecule has 1 aliphatic rings. The number of benzene rings is 2. The van der Waals surface area contributed by atoms with Gasteiger partial charge in [-0.2, -0.15) is 0 Å². The second-order valence-electron chi connectivity index (χ2n) is 6.74. The summed E-state index contributed by atoms with van der Waals surface area (Å²) >= 11 is 8.91. The normalized spacial score (nSPS) is 16.0. The van der Waals surface area contributed by atoms with Crippen molar-refractivity contribution in [2.75, 3.05) is 23.3 Å². The Morgan fingerprint density at radius 2 is 1.77 bits per heavy atom. The van der Waals surface area contributed by atoms with Crippen molar-refractivity contribution in [1.82, 2.24) is 10.2 Å². The third-order valence-corrected chi connectivity index (χ3v) is 5.51. The minimum absolute atomic E-state index is 0.0571. The summed E-state index contributed by atoms with van der Waals surface area (Å²) in [4.78, 5) is 40.2. The average molecular weight is 489 g/mol. The highest BCUT2D eigenvalue weighted by atomic mass is 79.9. The minimum Gasteiger partial charge on any atom is -0.355 e. The predicted molar refractivity (Wildman–Crippen MR) is 123 cm³/mol. The maximum atomic E-state index is 13.2. The van der Waals surface area contributed by atoms with Crippen LogP contribution < -0.4 is 15.5 Å². The van der Waals surface area contributed by atoms with Crippen molar-refractivity contribution in [3.05, 3.63) is 59.1 Å². The summed E-state index contributed by atoms with van der Waals surface area (Å²) in [5.74, 6) is -0.728. The van der Waals surface area contributed by atoms with Gasteiger partial charge in [-0.15, -0.1) is 0 Å². The highest BCUT2D eigenvalue weighted by Gasteiger charge is 2.43. The molecule has 9 heteroatoms. The molecule has 3 amide bonds. The predicted octanol–water partition coefficient (Wildman–Crippen LogP) is 2.92. The Morgan fingerprint density at radius 3 is 2.40 bits per heavy atom. The third kappa shape index (κ3) is 5.22. The molecule has 2 aromatic rings. The first-order chi connectivity index (χ1) is 14.4. The lowest BCUT2D eigenvalue weighted by atomic mass is 10.1. The van der Waals surface area contributed by atoms with Crippen molar-refractivity contribution in [1.29, 1.82) is 0 Å². The van der Waals surface area contributed by atoms with Crippen LogP contribution in [0.1, 0.15) is 13.3 Å². The fourth-order valence-corrected chi connectivity index (χ4v) is 3.85. The van der Waals surface area contributed by atoms with Gasteiger partial charge in [0.05, 0.1) is 12.1 Å². The number of nitrogens with zero attached hydrogens (tertiary/aromatic N) is 2. The average Bonchev–Trinajstić information content (AvgIpc) is 2.94. The topological polar surface area (TPSA) is 81.8 Å². The Kier molecular flexibility index (Phi) is 7.17. The maximum absolute atomic E-state index is 13.2. The van der Waals surface area contributed by atoms with Gasteiger partial charge in [0.25, 0.3) is 5.91 Å². The lowest BCUT2D eigenvalue weighted by Crippen LogP contribution is -2.42. The quantitative estimate of drug-likeness (QED) is 0.585. The van der Waals surface area contributed by atoms with Crippen LogP contribution in [0.3, 0.4) is 0 Å². The molecule has 1 fully saturated rings. The Hall–Kier alpha value is -2.78. The van der Waals surface area contributed by atoms with Crippen LogP contribution in [0.15, 0.2) is 59.1 Å². The fourth-order valence-electron chi connectivity index (χ4n) is 3.18. The molecule has 30 heavy (non-hydrogen) atoms. The van der Waals surface area contributed by atoms with Crippen LogP contribution in [0.25, 0.3) is 0 Å².